The topological polar surface area (TPSA) is 27.7 Å². The third-order valence-electron chi connectivity index (χ3n) is 3.37. The molecule has 0 aliphatic heterocycles. The Bertz CT molecular complexity index is 670. The van der Waals surface area contributed by atoms with Gasteiger partial charge in [0.05, 0.1) is 21.3 Å². The molecular formula is C19H20O3. The third-order valence-corrected chi connectivity index (χ3v) is 3.37. The van der Waals surface area contributed by atoms with E-state index in [4.69, 9.17) is 14.2 Å². The van der Waals surface area contributed by atoms with E-state index >= 15 is 0 Å². The molecule has 0 amide bonds. The van der Waals surface area contributed by atoms with Crippen LogP contribution in [0.5, 0.6) is 17.2 Å². The Morgan fingerprint density at radius 1 is 0.864 bits per heavy atom. The number of allylic oxidation sites excluding steroid dienone is 2. The first-order chi connectivity index (χ1) is 10.7. The van der Waals surface area contributed by atoms with Gasteiger partial charge in [0.15, 0.2) is 0 Å². The predicted octanol–water partition coefficient (Wildman–Crippen LogP) is 4.44. The van der Waals surface area contributed by atoms with E-state index in [1.165, 1.54) is 0 Å². The zero-order valence-corrected chi connectivity index (χ0v) is 13.1. The van der Waals surface area contributed by atoms with Gasteiger partial charge in [-0.1, -0.05) is 30.9 Å². The summed E-state index contributed by atoms with van der Waals surface area (Å²) in [5, 5.41) is 0. The van der Waals surface area contributed by atoms with Crippen LogP contribution in [0.1, 0.15) is 11.1 Å². The summed E-state index contributed by atoms with van der Waals surface area (Å²) in [4.78, 5) is 0. The van der Waals surface area contributed by atoms with E-state index in [9.17, 15) is 0 Å². The smallest absolute Gasteiger partial charge is 0.129 e. The molecule has 3 nitrogen and oxygen atoms in total. The Morgan fingerprint density at radius 3 is 2.09 bits per heavy atom. The van der Waals surface area contributed by atoms with Crippen LogP contribution in [0.2, 0.25) is 0 Å². The lowest BCUT2D eigenvalue weighted by Gasteiger charge is -2.08. The Hall–Kier alpha value is -2.68. The van der Waals surface area contributed by atoms with Crippen molar-refractivity contribution in [2.75, 3.05) is 21.3 Å². The highest BCUT2D eigenvalue weighted by Crippen LogP contribution is 2.27. The summed E-state index contributed by atoms with van der Waals surface area (Å²) in [6, 6.07) is 13.5. The highest BCUT2D eigenvalue weighted by Gasteiger charge is 2.02. The number of hydrogen-bond acceptors (Lipinski definition) is 3. The summed E-state index contributed by atoms with van der Waals surface area (Å²) < 4.78 is 15.7. The molecule has 0 radical (unpaired) electrons. The normalized spacial score (nSPS) is 10.5. The number of methoxy groups -OCH3 is 3. The summed E-state index contributed by atoms with van der Waals surface area (Å²) in [7, 11) is 4.93. The fourth-order valence-electron chi connectivity index (χ4n) is 2.05. The van der Waals surface area contributed by atoms with Gasteiger partial charge in [-0.25, -0.2) is 0 Å². The number of ether oxygens (including phenoxy) is 3. The Morgan fingerprint density at radius 2 is 1.50 bits per heavy atom. The van der Waals surface area contributed by atoms with Gasteiger partial charge in [-0.05, 0) is 35.4 Å². The van der Waals surface area contributed by atoms with E-state index in [-0.39, 0.29) is 0 Å². The monoisotopic (exact) mass is 296 g/mol. The molecule has 3 heteroatoms. The maximum atomic E-state index is 5.38. The van der Waals surface area contributed by atoms with Crippen LogP contribution >= 0.6 is 0 Å². The van der Waals surface area contributed by atoms with Gasteiger partial charge in [-0.15, -0.1) is 0 Å². The molecule has 0 heterocycles. The van der Waals surface area contributed by atoms with Gasteiger partial charge >= 0.3 is 0 Å². The van der Waals surface area contributed by atoms with Crippen LogP contribution in [0.15, 0.2) is 55.1 Å². The molecule has 114 valence electrons. The summed E-state index contributed by atoms with van der Waals surface area (Å²) in [6.45, 7) is 4.09. The Kier molecular flexibility index (Phi) is 5.26. The van der Waals surface area contributed by atoms with Gasteiger partial charge in [0.1, 0.15) is 17.2 Å². The second-order valence-electron chi connectivity index (χ2n) is 4.69. The van der Waals surface area contributed by atoms with Gasteiger partial charge in [-0.2, -0.15) is 0 Å². The van der Waals surface area contributed by atoms with Crippen molar-refractivity contribution in [3.8, 4) is 17.2 Å². The van der Waals surface area contributed by atoms with Crippen LogP contribution in [0.4, 0.5) is 0 Å². The molecule has 0 aromatic heterocycles. The lowest BCUT2D eigenvalue weighted by Crippen LogP contribution is -1.89. The second kappa shape index (κ2) is 7.36. The number of benzene rings is 2. The maximum Gasteiger partial charge on any atom is 0.129 e. The molecule has 0 saturated heterocycles. The largest absolute Gasteiger partial charge is 0.497 e. The zero-order valence-electron chi connectivity index (χ0n) is 13.1. The van der Waals surface area contributed by atoms with E-state index in [0.717, 1.165) is 33.9 Å². The molecule has 22 heavy (non-hydrogen) atoms. The molecule has 0 saturated carbocycles. The van der Waals surface area contributed by atoms with Gasteiger partial charge < -0.3 is 14.2 Å². The van der Waals surface area contributed by atoms with E-state index in [2.05, 4.69) is 6.58 Å². The van der Waals surface area contributed by atoms with Crippen molar-refractivity contribution in [2.24, 2.45) is 0 Å². The minimum absolute atomic E-state index is 0.762. The van der Waals surface area contributed by atoms with Crippen LogP contribution in [0, 0.1) is 0 Å². The van der Waals surface area contributed by atoms with Gasteiger partial charge in [0.2, 0.25) is 0 Å². The van der Waals surface area contributed by atoms with E-state index in [1.54, 1.807) is 21.3 Å². The van der Waals surface area contributed by atoms with Crippen LogP contribution in [-0.4, -0.2) is 21.3 Å². The summed E-state index contributed by atoms with van der Waals surface area (Å²) in [6.07, 6.45) is 3.94. The molecular weight excluding hydrogens is 276 g/mol. The first kappa shape index (κ1) is 15.7. The lowest BCUT2D eigenvalue weighted by atomic mass is 10.1. The van der Waals surface area contributed by atoms with Crippen molar-refractivity contribution in [3.63, 3.8) is 0 Å². The molecule has 2 rings (SSSR count). The van der Waals surface area contributed by atoms with Crippen LogP contribution < -0.4 is 14.2 Å². The molecule has 0 fully saturated rings. The van der Waals surface area contributed by atoms with Crippen molar-refractivity contribution in [3.05, 3.63) is 66.2 Å². The van der Waals surface area contributed by atoms with E-state index < -0.39 is 0 Å². The maximum absolute atomic E-state index is 5.38. The molecule has 0 aliphatic rings. The SMILES string of the molecule is C=C(/C=C/c1ccc(OC)cc1OC)c1ccc(OC)cc1. The van der Waals surface area contributed by atoms with Gasteiger partial charge in [-0.3, -0.25) is 0 Å². The van der Waals surface area contributed by atoms with Gasteiger partial charge in [0, 0.05) is 11.6 Å². The average molecular weight is 296 g/mol. The Labute approximate surface area is 131 Å². The fourth-order valence-corrected chi connectivity index (χ4v) is 2.05. The van der Waals surface area contributed by atoms with Crippen molar-refractivity contribution in [2.45, 2.75) is 0 Å². The average Bonchev–Trinajstić information content (AvgIpc) is 2.59. The predicted molar refractivity (Wildman–Crippen MR) is 90.6 cm³/mol. The Balaban J connectivity index is 2.18. The summed E-state index contributed by atoms with van der Waals surface area (Å²) in [5.41, 5.74) is 2.93. The first-order valence-corrected chi connectivity index (χ1v) is 6.91. The van der Waals surface area contributed by atoms with Crippen LogP contribution in [0.25, 0.3) is 11.6 Å². The minimum atomic E-state index is 0.762. The molecule has 2 aromatic rings. The zero-order chi connectivity index (χ0) is 15.9. The summed E-state index contributed by atoms with van der Waals surface area (Å²) >= 11 is 0. The van der Waals surface area contributed by atoms with E-state index in [1.807, 2.05) is 54.6 Å². The first-order valence-electron chi connectivity index (χ1n) is 6.91. The van der Waals surface area contributed by atoms with E-state index in [0.29, 0.717) is 0 Å². The van der Waals surface area contributed by atoms with Crippen molar-refractivity contribution < 1.29 is 14.2 Å². The molecule has 0 N–H and O–H groups in total. The number of hydrogen-bond donors (Lipinski definition) is 0. The number of rotatable bonds is 6. The molecule has 0 unspecified atom stereocenters. The minimum Gasteiger partial charge on any atom is -0.497 e. The third kappa shape index (κ3) is 3.70. The van der Waals surface area contributed by atoms with Crippen molar-refractivity contribution in [1.29, 1.82) is 0 Å². The van der Waals surface area contributed by atoms with Crippen LogP contribution in [0.3, 0.4) is 0 Å². The standard InChI is InChI=1S/C19H20O3/c1-14(15-7-10-17(20-2)11-8-15)5-6-16-9-12-18(21-3)13-19(16)22-4/h5-13H,1H2,2-4H3/b6-5+. The fraction of sp³-hybridized carbons (Fsp3) is 0.158. The highest BCUT2D eigenvalue weighted by atomic mass is 16.5. The summed E-state index contributed by atoms with van der Waals surface area (Å²) in [5.74, 6) is 2.36. The molecule has 0 spiro atoms. The molecule has 0 atom stereocenters. The molecule has 0 bridgehead atoms. The van der Waals surface area contributed by atoms with Crippen molar-refractivity contribution in [1.82, 2.24) is 0 Å². The highest BCUT2D eigenvalue weighted by molar-refractivity contribution is 5.78. The van der Waals surface area contributed by atoms with Crippen LogP contribution in [-0.2, 0) is 0 Å². The quantitative estimate of drug-likeness (QED) is 0.738. The lowest BCUT2D eigenvalue weighted by molar-refractivity contribution is 0.394. The molecule has 0 aliphatic carbocycles. The van der Waals surface area contributed by atoms with Crippen molar-refractivity contribution >= 4 is 11.6 Å². The second-order valence-corrected chi connectivity index (χ2v) is 4.69. The molecule has 2 aromatic carbocycles. The van der Waals surface area contributed by atoms with Gasteiger partial charge in [0.25, 0.3) is 0 Å².